The van der Waals surface area contributed by atoms with Gasteiger partial charge >= 0.3 is 6.09 Å². The van der Waals surface area contributed by atoms with Crippen LogP contribution in [0, 0.1) is 6.92 Å². The molecule has 0 aromatic carbocycles. The molecule has 0 aliphatic carbocycles. The maximum atomic E-state index is 12.4. The molecule has 1 aliphatic heterocycles. The molecule has 6 heteroatoms. The molecule has 0 radical (unpaired) electrons. The number of anilines is 1. The fourth-order valence-corrected chi connectivity index (χ4v) is 2.57. The molecular weight excluding hydrogens is 280 g/mol. The Balaban J connectivity index is 1.98. The van der Waals surface area contributed by atoms with Gasteiger partial charge in [0.25, 0.3) is 0 Å². The van der Waals surface area contributed by atoms with Gasteiger partial charge in [0.2, 0.25) is 0 Å². The Bertz CT molecular complexity index is 513. The van der Waals surface area contributed by atoms with Crippen LogP contribution in [0.25, 0.3) is 0 Å². The van der Waals surface area contributed by atoms with Gasteiger partial charge in [-0.25, -0.2) is 9.78 Å². The normalized spacial score (nSPS) is 18.9. The molecule has 0 saturated carbocycles. The summed E-state index contributed by atoms with van der Waals surface area (Å²) in [7, 11) is 0. The number of rotatable bonds is 3. The maximum absolute atomic E-state index is 12.4. The van der Waals surface area contributed by atoms with Gasteiger partial charge in [0.15, 0.2) is 0 Å². The number of likely N-dealkylation sites (tertiary alicyclic amines) is 1. The molecule has 1 N–H and O–H groups in total. The van der Waals surface area contributed by atoms with Crippen molar-refractivity contribution in [3.05, 3.63) is 18.1 Å². The van der Waals surface area contributed by atoms with Crippen molar-refractivity contribution in [3.63, 3.8) is 0 Å². The topological polar surface area (TPSA) is 67.4 Å². The number of ether oxygens (including phenoxy) is 1. The van der Waals surface area contributed by atoms with E-state index in [0.29, 0.717) is 6.54 Å². The molecule has 1 aromatic heterocycles. The molecule has 1 atom stereocenters. The van der Waals surface area contributed by atoms with Crippen LogP contribution in [0.15, 0.2) is 12.4 Å². The average Bonchev–Trinajstić information content (AvgIpc) is 2.45. The van der Waals surface area contributed by atoms with Crippen LogP contribution in [-0.2, 0) is 4.74 Å². The number of amides is 1. The number of hydrogen-bond donors (Lipinski definition) is 1. The van der Waals surface area contributed by atoms with Gasteiger partial charge in [0.05, 0.1) is 11.7 Å². The highest BCUT2D eigenvalue weighted by Crippen LogP contribution is 2.21. The van der Waals surface area contributed by atoms with E-state index in [2.05, 4.69) is 15.3 Å². The summed E-state index contributed by atoms with van der Waals surface area (Å²) in [5, 5.41) is 3.31. The van der Waals surface area contributed by atoms with Crippen LogP contribution in [0.2, 0.25) is 0 Å². The van der Waals surface area contributed by atoms with Crippen molar-refractivity contribution in [1.82, 2.24) is 14.9 Å². The van der Waals surface area contributed by atoms with Gasteiger partial charge in [-0.2, -0.15) is 0 Å². The predicted molar refractivity (Wildman–Crippen MR) is 85.8 cm³/mol. The molecule has 2 rings (SSSR count). The molecule has 2 heterocycles. The summed E-state index contributed by atoms with van der Waals surface area (Å²) in [6.07, 6.45) is 6.25. The average molecular weight is 306 g/mol. The first-order chi connectivity index (χ1) is 10.4. The SMILES string of the molecule is Cc1nccnc1NC[C@H]1CCCCN1C(=O)OC(C)(C)C. The van der Waals surface area contributed by atoms with Gasteiger partial charge in [0.1, 0.15) is 11.4 Å². The highest BCUT2D eigenvalue weighted by molar-refractivity contribution is 5.68. The van der Waals surface area contributed by atoms with Crippen molar-refractivity contribution in [2.75, 3.05) is 18.4 Å². The maximum Gasteiger partial charge on any atom is 0.410 e. The largest absolute Gasteiger partial charge is 0.444 e. The van der Waals surface area contributed by atoms with Crippen molar-refractivity contribution < 1.29 is 9.53 Å². The molecule has 0 unspecified atom stereocenters. The summed E-state index contributed by atoms with van der Waals surface area (Å²) in [6, 6.07) is 0.130. The zero-order chi connectivity index (χ0) is 16.2. The van der Waals surface area contributed by atoms with Crippen molar-refractivity contribution in [1.29, 1.82) is 0 Å². The van der Waals surface area contributed by atoms with E-state index in [4.69, 9.17) is 4.74 Å². The van der Waals surface area contributed by atoms with Crippen molar-refractivity contribution in [2.24, 2.45) is 0 Å². The van der Waals surface area contributed by atoms with E-state index in [-0.39, 0.29) is 12.1 Å². The monoisotopic (exact) mass is 306 g/mol. The Kier molecular flexibility index (Phi) is 5.21. The van der Waals surface area contributed by atoms with E-state index in [9.17, 15) is 4.79 Å². The highest BCUT2D eigenvalue weighted by atomic mass is 16.6. The molecule has 1 fully saturated rings. The first-order valence-electron chi connectivity index (χ1n) is 7.88. The van der Waals surface area contributed by atoms with Gasteiger partial charge in [-0.1, -0.05) is 0 Å². The highest BCUT2D eigenvalue weighted by Gasteiger charge is 2.30. The third-order valence-electron chi connectivity index (χ3n) is 3.64. The Morgan fingerprint density at radius 3 is 2.77 bits per heavy atom. The lowest BCUT2D eigenvalue weighted by molar-refractivity contribution is 0.0114. The van der Waals surface area contributed by atoms with Crippen LogP contribution in [-0.4, -0.2) is 45.7 Å². The number of nitrogens with one attached hydrogen (secondary N) is 1. The van der Waals surface area contributed by atoms with Crippen molar-refractivity contribution >= 4 is 11.9 Å². The molecule has 1 saturated heterocycles. The third-order valence-corrected chi connectivity index (χ3v) is 3.64. The van der Waals surface area contributed by atoms with E-state index >= 15 is 0 Å². The molecular formula is C16H26N4O2. The Hall–Kier alpha value is -1.85. The number of aryl methyl sites for hydroxylation is 1. The lowest BCUT2D eigenvalue weighted by atomic mass is 10.0. The molecule has 22 heavy (non-hydrogen) atoms. The summed E-state index contributed by atoms with van der Waals surface area (Å²) in [6.45, 7) is 9.02. The van der Waals surface area contributed by atoms with Crippen LogP contribution in [0.3, 0.4) is 0 Å². The molecule has 0 spiro atoms. The molecule has 1 aromatic rings. The smallest absolute Gasteiger partial charge is 0.410 e. The van der Waals surface area contributed by atoms with Crippen molar-refractivity contribution in [2.45, 2.75) is 58.6 Å². The van der Waals surface area contributed by atoms with E-state index in [1.165, 1.54) is 0 Å². The molecule has 0 bridgehead atoms. The Morgan fingerprint density at radius 1 is 1.36 bits per heavy atom. The number of aromatic nitrogens is 2. The van der Waals surface area contributed by atoms with Crippen LogP contribution < -0.4 is 5.32 Å². The molecule has 1 amide bonds. The first-order valence-corrected chi connectivity index (χ1v) is 7.88. The van der Waals surface area contributed by atoms with Crippen LogP contribution in [0.4, 0.5) is 10.6 Å². The Labute approximate surface area is 132 Å². The van der Waals surface area contributed by atoms with Crippen LogP contribution >= 0.6 is 0 Å². The van der Waals surface area contributed by atoms with E-state index in [0.717, 1.165) is 37.3 Å². The number of carbonyl (C=O) groups excluding carboxylic acids is 1. The second kappa shape index (κ2) is 6.94. The van der Waals surface area contributed by atoms with Crippen molar-refractivity contribution in [3.8, 4) is 0 Å². The standard InChI is InChI=1S/C16H26N4O2/c1-12-14(18-9-8-17-12)19-11-13-7-5-6-10-20(13)15(21)22-16(2,3)4/h8-9,13H,5-7,10-11H2,1-4H3,(H,18,19)/t13-/m1/s1. The molecule has 1 aliphatic rings. The number of carbonyl (C=O) groups is 1. The molecule has 122 valence electrons. The van der Waals surface area contributed by atoms with Gasteiger partial charge in [0, 0.05) is 25.5 Å². The zero-order valence-corrected chi connectivity index (χ0v) is 13.9. The minimum atomic E-state index is -0.464. The number of piperidine rings is 1. The lowest BCUT2D eigenvalue weighted by Crippen LogP contribution is -2.49. The summed E-state index contributed by atoms with van der Waals surface area (Å²) in [5.41, 5.74) is 0.399. The summed E-state index contributed by atoms with van der Waals surface area (Å²) >= 11 is 0. The minimum absolute atomic E-state index is 0.130. The van der Waals surface area contributed by atoms with E-state index < -0.39 is 5.60 Å². The molecule has 6 nitrogen and oxygen atoms in total. The van der Waals surface area contributed by atoms with Gasteiger partial charge in [-0.3, -0.25) is 4.98 Å². The quantitative estimate of drug-likeness (QED) is 0.930. The summed E-state index contributed by atoms with van der Waals surface area (Å²) in [5.74, 6) is 0.775. The number of nitrogens with zero attached hydrogens (tertiary/aromatic N) is 3. The van der Waals surface area contributed by atoms with Crippen LogP contribution in [0.5, 0.6) is 0 Å². The second-order valence-electron chi connectivity index (χ2n) is 6.69. The minimum Gasteiger partial charge on any atom is -0.444 e. The fourth-order valence-electron chi connectivity index (χ4n) is 2.57. The number of hydrogen-bond acceptors (Lipinski definition) is 5. The lowest BCUT2D eigenvalue weighted by Gasteiger charge is -2.36. The van der Waals surface area contributed by atoms with E-state index in [1.54, 1.807) is 12.4 Å². The first kappa shape index (κ1) is 16.5. The Morgan fingerprint density at radius 2 is 2.09 bits per heavy atom. The third kappa shape index (κ3) is 4.58. The fraction of sp³-hybridized carbons (Fsp3) is 0.688. The zero-order valence-electron chi connectivity index (χ0n) is 13.9. The summed E-state index contributed by atoms with van der Waals surface area (Å²) < 4.78 is 5.51. The predicted octanol–water partition coefficient (Wildman–Crippen LogP) is 2.99. The van der Waals surface area contributed by atoms with Gasteiger partial charge < -0.3 is 15.0 Å². The van der Waals surface area contributed by atoms with Crippen LogP contribution in [0.1, 0.15) is 45.7 Å². The van der Waals surface area contributed by atoms with Gasteiger partial charge in [-0.15, -0.1) is 0 Å². The van der Waals surface area contributed by atoms with Gasteiger partial charge in [-0.05, 0) is 47.0 Å². The van der Waals surface area contributed by atoms with E-state index in [1.807, 2.05) is 32.6 Å². The second-order valence-corrected chi connectivity index (χ2v) is 6.69. The summed E-state index contributed by atoms with van der Waals surface area (Å²) in [4.78, 5) is 22.7.